The van der Waals surface area contributed by atoms with Crippen molar-refractivity contribution in [1.82, 2.24) is 4.98 Å². The maximum Gasteiger partial charge on any atom is 0.0982 e. The van der Waals surface area contributed by atoms with E-state index in [2.05, 4.69) is 43.2 Å². The zero-order chi connectivity index (χ0) is 14.6. The Bertz CT molecular complexity index is 531. The van der Waals surface area contributed by atoms with E-state index in [0.717, 1.165) is 22.9 Å². The van der Waals surface area contributed by atoms with Crippen LogP contribution in [0.15, 0.2) is 35.7 Å². The quantitative estimate of drug-likeness (QED) is 0.916. The largest absolute Gasteiger partial charge is 0.395 e. The second kappa shape index (κ2) is 6.37. The van der Waals surface area contributed by atoms with Gasteiger partial charge in [0.05, 0.1) is 23.9 Å². The Hall–Kier alpha value is -1.39. The molecule has 1 aromatic heterocycles. The van der Waals surface area contributed by atoms with Crippen LogP contribution in [0.1, 0.15) is 31.5 Å². The zero-order valence-electron chi connectivity index (χ0n) is 12.3. The van der Waals surface area contributed by atoms with Gasteiger partial charge in [0.15, 0.2) is 0 Å². The number of nitrogens with zero attached hydrogens (tertiary/aromatic N) is 2. The van der Waals surface area contributed by atoms with Gasteiger partial charge in [-0.05, 0) is 12.1 Å². The van der Waals surface area contributed by atoms with Crippen LogP contribution in [-0.4, -0.2) is 23.2 Å². The van der Waals surface area contributed by atoms with Crippen molar-refractivity contribution in [3.63, 3.8) is 0 Å². The second-order valence-corrected chi connectivity index (χ2v) is 6.73. The average molecular weight is 290 g/mol. The molecule has 0 radical (unpaired) electrons. The first kappa shape index (κ1) is 15.0. The Labute approximate surface area is 124 Å². The van der Waals surface area contributed by atoms with Gasteiger partial charge in [-0.15, -0.1) is 11.3 Å². The molecule has 0 unspecified atom stereocenters. The van der Waals surface area contributed by atoms with Crippen LogP contribution >= 0.6 is 11.3 Å². The van der Waals surface area contributed by atoms with Crippen molar-refractivity contribution in [2.24, 2.45) is 0 Å². The van der Waals surface area contributed by atoms with E-state index in [0.29, 0.717) is 6.54 Å². The molecule has 0 amide bonds. The molecule has 108 valence electrons. The van der Waals surface area contributed by atoms with Crippen LogP contribution in [0.3, 0.4) is 0 Å². The van der Waals surface area contributed by atoms with Crippen LogP contribution in [0, 0.1) is 0 Å². The molecule has 1 aromatic carbocycles. The SMILES string of the molecule is CC(C)(C)c1nc(CN(CCO)c2ccccc2)cs1. The van der Waals surface area contributed by atoms with Gasteiger partial charge >= 0.3 is 0 Å². The molecule has 0 spiro atoms. The number of hydrogen-bond acceptors (Lipinski definition) is 4. The standard InChI is InChI=1S/C16H22N2OS/c1-16(2,3)15-17-13(12-20-15)11-18(9-10-19)14-7-5-4-6-8-14/h4-8,12,19H,9-11H2,1-3H3. The second-order valence-electron chi connectivity index (χ2n) is 5.87. The Balaban J connectivity index is 2.15. The number of aliphatic hydroxyl groups is 1. The number of benzene rings is 1. The van der Waals surface area contributed by atoms with Crippen LogP contribution < -0.4 is 4.90 Å². The molecule has 3 nitrogen and oxygen atoms in total. The highest BCUT2D eigenvalue weighted by Crippen LogP contribution is 2.26. The van der Waals surface area contributed by atoms with Crippen molar-refractivity contribution >= 4 is 17.0 Å². The van der Waals surface area contributed by atoms with Gasteiger partial charge in [0, 0.05) is 23.0 Å². The van der Waals surface area contributed by atoms with Crippen LogP contribution in [0.2, 0.25) is 0 Å². The summed E-state index contributed by atoms with van der Waals surface area (Å²) >= 11 is 1.71. The first-order valence-electron chi connectivity index (χ1n) is 6.86. The van der Waals surface area contributed by atoms with Gasteiger partial charge < -0.3 is 10.0 Å². The lowest BCUT2D eigenvalue weighted by atomic mass is 9.98. The molecule has 0 aliphatic carbocycles. The van der Waals surface area contributed by atoms with E-state index in [9.17, 15) is 5.11 Å². The average Bonchev–Trinajstić information content (AvgIpc) is 2.88. The fraction of sp³-hybridized carbons (Fsp3) is 0.438. The molecule has 1 heterocycles. The van der Waals surface area contributed by atoms with E-state index >= 15 is 0 Å². The van der Waals surface area contributed by atoms with Gasteiger partial charge in [0.2, 0.25) is 0 Å². The van der Waals surface area contributed by atoms with Gasteiger partial charge in [-0.1, -0.05) is 39.0 Å². The minimum atomic E-state index is 0.0947. The molecule has 20 heavy (non-hydrogen) atoms. The van der Waals surface area contributed by atoms with Gasteiger partial charge in [-0.25, -0.2) is 4.98 Å². The molecule has 4 heteroatoms. The molecule has 0 fully saturated rings. The number of anilines is 1. The number of para-hydroxylation sites is 1. The monoisotopic (exact) mass is 290 g/mol. The van der Waals surface area contributed by atoms with Crippen LogP contribution in [0.25, 0.3) is 0 Å². The fourth-order valence-electron chi connectivity index (χ4n) is 1.98. The first-order valence-corrected chi connectivity index (χ1v) is 7.74. The van der Waals surface area contributed by atoms with Gasteiger partial charge in [0.1, 0.15) is 0 Å². The summed E-state index contributed by atoms with van der Waals surface area (Å²) in [6, 6.07) is 10.2. The molecule has 0 saturated carbocycles. The highest BCUT2D eigenvalue weighted by Gasteiger charge is 2.18. The summed E-state index contributed by atoms with van der Waals surface area (Å²) in [6.07, 6.45) is 0. The van der Waals surface area contributed by atoms with Crippen LogP contribution in [-0.2, 0) is 12.0 Å². The summed E-state index contributed by atoms with van der Waals surface area (Å²) in [6.45, 7) is 8.03. The van der Waals surface area contributed by atoms with Crippen LogP contribution in [0.5, 0.6) is 0 Å². The van der Waals surface area contributed by atoms with Crippen molar-refractivity contribution in [3.8, 4) is 0 Å². The van der Waals surface area contributed by atoms with Crippen molar-refractivity contribution in [3.05, 3.63) is 46.4 Å². The maximum absolute atomic E-state index is 9.25. The third-order valence-electron chi connectivity index (χ3n) is 3.04. The molecular weight excluding hydrogens is 268 g/mol. The summed E-state index contributed by atoms with van der Waals surface area (Å²) in [7, 11) is 0. The molecule has 1 N–H and O–H groups in total. The Morgan fingerprint density at radius 2 is 1.90 bits per heavy atom. The number of hydrogen-bond donors (Lipinski definition) is 1. The number of aliphatic hydroxyl groups excluding tert-OH is 1. The summed E-state index contributed by atoms with van der Waals surface area (Å²) in [5.41, 5.74) is 2.28. The number of aromatic nitrogens is 1. The maximum atomic E-state index is 9.25. The highest BCUT2D eigenvalue weighted by molar-refractivity contribution is 7.09. The Morgan fingerprint density at radius 1 is 1.20 bits per heavy atom. The van der Waals surface area contributed by atoms with E-state index in [-0.39, 0.29) is 12.0 Å². The van der Waals surface area contributed by atoms with Gasteiger partial charge in [-0.2, -0.15) is 0 Å². The smallest absolute Gasteiger partial charge is 0.0982 e. The van der Waals surface area contributed by atoms with E-state index in [1.165, 1.54) is 0 Å². The third kappa shape index (κ3) is 3.81. The topological polar surface area (TPSA) is 36.4 Å². The van der Waals surface area contributed by atoms with Gasteiger partial charge in [0.25, 0.3) is 0 Å². The molecule has 0 atom stereocenters. The predicted octanol–water partition coefficient (Wildman–Crippen LogP) is 3.44. The molecule has 2 rings (SSSR count). The molecule has 2 aromatic rings. The van der Waals surface area contributed by atoms with Crippen molar-refractivity contribution < 1.29 is 5.11 Å². The lowest BCUT2D eigenvalue weighted by molar-refractivity contribution is 0.301. The Kier molecular flexibility index (Phi) is 4.78. The minimum Gasteiger partial charge on any atom is -0.395 e. The summed E-state index contributed by atoms with van der Waals surface area (Å²) in [5, 5.41) is 12.5. The summed E-state index contributed by atoms with van der Waals surface area (Å²) in [5.74, 6) is 0. The summed E-state index contributed by atoms with van der Waals surface area (Å²) < 4.78 is 0. The molecule has 0 aliphatic rings. The predicted molar refractivity (Wildman–Crippen MR) is 85.4 cm³/mol. The highest BCUT2D eigenvalue weighted by atomic mass is 32.1. The number of rotatable bonds is 5. The van der Waals surface area contributed by atoms with Gasteiger partial charge in [-0.3, -0.25) is 0 Å². The molecule has 0 saturated heterocycles. The normalized spacial score (nSPS) is 11.6. The fourth-order valence-corrected chi connectivity index (χ4v) is 2.88. The lowest BCUT2D eigenvalue weighted by Gasteiger charge is -2.23. The Morgan fingerprint density at radius 3 is 2.45 bits per heavy atom. The van der Waals surface area contributed by atoms with E-state index in [4.69, 9.17) is 4.98 Å². The van der Waals surface area contributed by atoms with E-state index in [1.54, 1.807) is 11.3 Å². The third-order valence-corrected chi connectivity index (χ3v) is 4.35. The van der Waals surface area contributed by atoms with Crippen molar-refractivity contribution in [2.75, 3.05) is 18.1 Å². The molecule has 0 aliphatic heterocycles. The molecular formula is C16H22N2OS. The van der Waals surface area contributed by atoms with Crippen molar-refractivity contribution in [1.29, 1.82) is 0 Å². The molecule has 0 bridgehead atoms. The lowest BCUT2D eigenvalue weighted by Crippen LogP contribution is -2.26. The number of thiazole rings is 1. The van der Waals surface area contributed by atoms with E-state index < -0.39 is 0 Å². The van der Waals surface area contributed by atoms with E-state index in [1.807, 2.05) is 18.2 Å². The zero-order valence-corrected chi connectivity index (χ0v) is 13.2. The first-order chi connectivity index (χ1) is 9.50. The minimum absolute atomic E-state index is 0.0947. The van der Waals surface area contributed by atoms with Crippen molar-refractivity contribution in [2.45, 2.75) is 32.7 Å². The summed E-state index contributed by atoms with van der Waals surface area (Å²) in [4.78, 5) is 6.88. The van der Waals surface area contributed by atoms with Crippen LogP contribution in [0.4, 0.5) is 5.69 Å².